The third-order valence-corrected chi connectivity index (χ3v) is 3.87. The van der Waals surface area contributed by atoms with Crippen LogP contribution in [0, 0.1) is 11.3 Å². The summed E-state index contributed by atoms with van der Waals surface area (Å²) in [6.07, 6.45) is 1.93. The highest BCUT2D eigenvalue weighted by molar-refractivity contribution is 4.94. The fourth-order valence-electron chi connectivity index (χ4n) is 2.14. The van der Waals surface area contributed by atoms with Crippen molar-refractivity contribution in [3.8, 4) is 0 Å². The van der Waals surface area contributed by atoms with Crippen LogP contribution in [0.2, 0.25) is 0 Å². The van der Waals surface area contributed by atoms with E-state index >= 15 is 0 Å². The Hall–Kier alpha value is -0.0800. The Morgan fingerprint density at radius 1 is 1.29 bits per heavy atom. The molecule has 0 bridgehead atoms. The Morgan fingerprint density at radius 2 is 1.86 bits per heavy atom. The molecule has 84 valence electrons. The SMILES string of the molecule is CCC(C)(C)C1OC(C)C(C)C1OC. The minimum atomic E-state index is 0.208. The summed E-state index contributed by atoms with van der Waals surface area (Å²) < 4.78 is 11.6. The monoisotopic (exact) mass is 200 g/mol. The maximum Gasteiger partial charge on any atom is 0.0894 e. The van der Waals surface area contributed by atoms with E-state index < -0.39 is 0 Å². The topological polar surface area (TPSA) is 18.5 Å². The second-order valence-corrected chi connectivity index (χ2v) is 5.16. The van der Waals surface area contributed by atoms with E-state index in [0.717, 1.165) is 6.42 Å². The number of hydrogen-bond acceptors (Lipinski definition) is 2. The van der Waals surface area contributed by atoms with Gasteiger partial charge in [0.2, 0.25) is 0 Å². The third-order valence-electron chi connectivity index (χ3n) is 3.87. The second-order valence-electron chi connectivity index (χ2n) is 5.16. The molecule has 0 radical (unpaired) electrons. The van der Waals surface area contributed by atoms with Crippen molar-refractivity contribution >= 4 is 0 Å². The van der Waals surface area contributed by atoms with Crippen LogP contribution >= 0.6 is 0 Å². The molecule has 0 aromatic carbocycles. The van der Waals surface area contributed by atoms with Gasteiger partial charge in [0, 0.05) is 13.0 Å². The summed E-state index contributed by atoms with van der Waals surface area (Å²) in [7, 11) is 1.79. The van der Waals surface area contributed by atoms with Crippen LogP contribution in [-0.4, -0.2) is 25.4 Å². The molecule has 4 atom stereocenters. The van der Waals surface area contributed by atoms with Crippen LogP contribution in [0.1, 0.15) is 41.0 Å². The standard InChI is InChI=1S/C12H24O2/c1-7-12(4,5)11-10(13-6)8(2)9(3)14-11/h8-11H,7H2,1-6H3. The first-order chi connectivity index (χ1) is 6.44. The lowest BCUT2D eigenvalue weighted by molar-refractivity contribution is -0.0673. The maximum absolute atomic E-state index is 6.01. The van der Waals surface area contributed by atoms with Crippen LogP contribution in [0.4, 0.5) is 0 Å². The van der Waals surface area contributed by atoms with E-state index in [2.05, 4.69) is 34.6 Å². The Kier molecular flexibility index (Phi) is 3.59. The van der Waals surface area contributed by atoms with Crippen LogP contribution in [0.5, 0.6) is 0 Å². The molecule has 1 saturated heterocycles. The highest BCUT2D eigenvalue weighted by Crippen LogP contribution is 2.40. The summed E-state index contributed by atoms with van der Waals surface area (Å²) in [4.78, 5) is 0. The van der Waals surface area contributed by atoms with Gasteiger partial charge in [0.15, 0.2) is 0 Å². The van der Waals surface area contributed by atoms with Gasteiger partial charge in [0.25, 0.3) is 0 Å². The van der Waals surface area contributed by atoms with E-state index in [0.29, 0.717) is 12.0 Å². The number of hydrogen-bond donors (Lipinski definition) is 0. The number of rotatable bonds is 3. The summed E-state index contributed by atoms with van der Waals surface area (Å²) in [6.45, 7) is 11.1. The van der Waals surface area contributed by atoms with E-state index in [4.69, 9.17) is 9.47 Å². The molecule has 2 heteroatoms. The first-order valence-electron chi connectivity index (χ1n) is 5.62. The Morgan fingerprint density at radius 3 is 2.29 bits per heavy atom. The molecule has 1 fully saturated rings. The molecule has 0 saturated carbocycles. The van der Waals surface area contributed by atoms with Gasteiger partial charge >= 0.3 is 0 Å². The molecule has 1 heterocycles. The molecule has 14 heavy (non-hydrogen) atoms. The lowest BCUT2D eigenvalue weighted by Crippen LogP contribution is -2.39. The molecular formula is C12H24O2. The lowest BCUT2D eigenvalue weighted by Gasteiger charge is -2.33. The van der Waals surface area contributed by atoms with Gasteiger partial charge in [0.1, 0.15) is 0 Å². The molecule has 2 nitrogen and oxygen atoms in total. The number of ether oxygens (including phenoxy) is 2. The molecule has 1 aliphatic rings. The minimum Gasteiger partial charge on any atom is -0.378 e. The van der Waals surface area contributed by atoms with Crippen molar-refractivity contribution in [2.24, 2.45) is 11.3 Å². The van der Waals surface area contributed by atoms with Gasteiger partial charge in [-0.05, 0) is 18.8 Å². The fourth-order valence-corrected chi connectivity index (χ4v) is 2.14. The normalized spacial score (nSPS) is 39.0. The highest BCUT2D eigenvalue weighted by atomic mass is 16.6. The van der Waals surface area contributed by atoms with Crippen LogP contribution in [-0.2, 0) is 9.47 Å². The van der Waals surface area contributed by atoms with Gasteiger partial charge in [-0.3, -0.25) is 0 Å². The van der Waals surface area contributed by atoms with Gasteiger partial charge in [0.05, 0.1) is 18.3 Å². The van der Waals surface area contributed by atoms with Crippen molar-refractivity contribution in [2.75, 3.05) is 7.11 Å². The van der Waals surface area contributed by atoms with Crippen molar-refractivity contribution in [3.63, 3.8) is 0 Å². The van der Waals surface area contributed by atoms with Gasteiger partial charge in [-0.2, -0.15) is 0 Å². The lowest BCUT2D eigenvalue weighted by atomic mass is 9.79. The largest absolute Gasteiger partial charge is 0.378 e. The highest BCUT2D eigenvalue weighted by Gasteiger charge is 2.46. The minimum absolute atomic E-state index is 0.208. The zero-order valence-corrected chi connectivity index (χ0v) is 10.3. The van der Waals surface area contributed by atoms with Gasteiger partial charge in [-0.15, -0.1) is 0 Å². The van der Waals surface area contributed by atoms with Crippen molar-refractivity contribution in [1.29, 1.82) is 0 Å². The van der Waals surface area contributed by atoms with E-state index in [1.807, 2.05) is 0 Å². The molecule has 0 aromatic heterocycles. The molecule has 0 aromatic rings. The summed E-state index contributed by atoms with van der Waals surface area (Å²) in [5.74, 6) is 0.496. The van der Waals surface area contributed by atoms with Crippen molar-refractivity contribution in [2.45, 2.75) is 59.4 Å². The smallest absolute Gasteiger partial charge is 0.0894 e. The fraction of sp³-hybridized carbons (Fsp3) is 1.00. The summed E-state index contributed by atoms with van der Waals surface area (Å²) in [6, 6.07) is 0. The first kappa shape index (κ1) is 12.0. The zero-order chi connectivity index (χ0) is 10.9. The Balaban J connectivity index is 2.79. The zero-order valence-electron chi connectivity index (χ0n) is 10.3. The van der Waals surface area contributed by atoms with E-state index in [9.17, 15) is 0 Å². The quantitative estimate of drug-likeness (QED) is 0.697. The predicted molar refractivity (Wildman–Crippen MR) is 58.4 cm³/mol. The van der Waals surface area contributed by atoms with Crippen molar-refractivity contribution in [3.05, 3.63) is 0 Å². The summed E-state index contributed by atoms with van der Waals surface area (Å²) >= 11 is 0. The number of methoxy groups -OCH3 is 1. The molecule has 4 unspecified atom stereocenters. The molecule has 0 spiro atoms. The van der Waals surface area contributed by atoms with Crippen molar-refractivity contribution in [1.82, 2.24) is 0 Å². The molecule has 0 N–H and O–H groups in total. The average Bonchev–Trinajstić information content (AvgIpc) is 2.44. The van der Waals surface area contributed by atoms with Gasteiger partial charge in [-0.25, -0.2) is 0 Å². The molecule has 0 amide bonds. The van der Waals surface area contributed by atoms with Gasteiger partial charge < -0.3 is 9.47 Å². The van der Waals surface area contributed by atoms with Crippen LogP contribution in [0.15, 0.2) is 0 Å². The summed E-state index contributed by atoms with van der Waals surface area (Å²) in [5.41, 5.74) is 0.208. The first-order valence-corrected chi connectivity index (χ1v) is 5.62. The molecule has 0 aliphatic carbocycles. The van der Waals surface area contributed by atoms with Crippen molar-refractivity contribution < 1.29 is 9.47 Å². The van der Waals surface area contributed by atoms with Gasteiger partial charge in [-0.1, -0.05) is 27.7 Å². The average molecular weight is 200 g/mol. The Bertz CT molecular complexity index is 189. The second kappa shape index (κ2) is 4.19. The third kappa shape index (κ3) is 1.96. The van der Waals surface area contributed by atoms with Crippen LogP contribution < -0.4 is 0 Å². The molecular weight excluding hydrogens is 176 g/mol. The van der Waals surface area contributed by atoms with E-state index in [1.165, 1.54) is 0 Å². The van der Waals surface area contributed by atoms with Crippen LogP contribution in [0.25, 0.3) is 0 Å². The summed E-state index contributed by atoms with van der Waals surface area (Å²) in [5, 5.41) is 0. The maximum atomic E-state index is 6.01. The van der Waals surface area contributed by atoms with Crippen LogP contribution in [0.3, 0.4) is 0 Å². The predicted octanol–water partition coefficient (Wildman–Crippen LogP) is 2.86. The molecule has 1 rings (SSSR count). The Labute approximate surface area is 88.0 Å². The van der Waals surface area contributed by atoms with E-state index in [-0.39, 0.29) is 17.6 Å². The molecule has 1 aliphatic heterocycles. The van der Waals surface area contributed by atoms with E-state index in [1.54, 1.807) is 7.11 Å².